The van der Waals surface area contributed by atoms with Gasteiger partial charge in [-0.25, -0.2) is 4.90 Å². The second kappa shape index (κ2) is 7.74. The lowest BCUT2D eigenvalue weighted by molar-refractivity contribution is 0.0755. The molecule has 3 amide bonds. The minimum atomic E-state index is -0.383. The summed E-state index contributed by atoms with van der Waals surface area (Å²) < 4.78 is 0. The summed E-state index contributed by atoms with van der Waals surface area (Å²) in [4.78, 5) is 41.4. The first-order valence-corrected chi connectivity index (χ1v) is 9.36. The van der Waals surface area contributed by atoms with Crippen molar-refractivity contribution in [3.8, 4) is 0 Å². The SMILES string of the molecule is CCCN(CCC)C(=O)c1ccc2c(c1)C(=O)N(c1ccc(C)cc1)C2=O. The number of aryl methyl sites for hydroxylation is 1. The van der Waals surface area contributed by atoms with E-state index in [1.807, 2.05) is 32.9 Å². The van der Waals surface area contributed by atoms with Gasteiger partial charge in [-0.15, -0.1) is 0 Å². The van der Waals surface area contributed by atoms with E-state index in [0.717, 1.165) is 18.4 Å². The Bertz CT molecular complexity index is 881. The minimum absolute atomic E-state index is 0.101. The smallest absolute Gasteiger partial charge is 0.266 e. The van der Waals surface area contributed by atoms with E-state index in [1.54, 1.807) is 35.2 Å². The number of anilines is 1. The molecule has 0 saturated carbocycles. The standard InChI is InChI=1S/C22H24N2O3/c1-4-12-23(13-5-2)20(25)16-8-11-18-19(14-16)22(27)24(21(18)26)17-9-6-15(3)7-10-17/h6-11,14H,4-5,12-13H2,1-3H3. The molecule has 0 unspecified atom stereocenters. The summed E-state index contributed by atoms with van der Waals surface area (Å²) in [7, 11) is 0. The molecular formula is C22H24N2O3. The Morgan fingerprint density at radius 1 is 0.889 bits per heavy atom. The van der Waals surface area contributed by atoms with Crippen molar-refractivity contribution in [1.82, 2.24) is 4.90 Å². The van der Waals surface area contributed by atoms with E-state index >= 15 is 0 Å². The molecule has 5 heteroatoms. The van der Waals surface area contributed by atoms with Crippen LogP contribution in [0.25, 0.3) is 0 Å². The molecule has 27 heavy (non-hydrogen) atoms. The van der Waals surface area contributed by atoms with Crippen molar-refractivity contribution in [2.45, 2.75) is 33.6 Å². The molecular weight excluding hydrogens is 340 g/mol. The monoisotopic (exact) mass is 364 g/mol. The summed E-state index contributed by atoms with van der Waals surface area (Å²) >= 11 is 0. The number of fused-ring (bicyclic) bond motifs is 1. The molecule has 2 aromatic carbocycles. The predicted octanol–water partition coefficient (Wildman–Crippen LogP) is 4.06. The lowest BCUT2D eigenvalue weighted by atomic mass is 10.0. The number of nitrogens with zero attached hydrogens (tertiary/aromatic N) is 2. The Kier molecular flexibility index (Phi) is 5.40. The van der Waals surface area contributed by atoms with Crippen molar-refractivity contribution >= 4 is 23.4 Å². The van der Waals surface area contributed by atoms with E-state index in [0.29, 0.717) is 35.5 Å². The van der Waals surface area contributed by atoms with Crippen molar-refractivity contribution in [3.63, 3.8) is 0 Å². The first-order valence-electron chi connectivity index (χ1n) is 9.36. The summed E-state index contributed by atoms with van der Waals surface area (Å²) in [5.41, 5.74) is 2.67. The summed E-state index contributed by atoms with van der Waals surface area (Å²) in [6, 6.07) is 12.0. The third-order valence-electron chi connectivity index (χ3n) is 4.70. The number of benzene rings is 2. The normalized spacial score (nSPS) is 13.1. The van der Waals surface area contributed by atoms with Gasteiger partial charge in [0, 0.05) is 18.7 Å². The molecule has 0 radical (unpaired) electrons. The maximum Gasteiger partial charge on any atom is 0.266 e. The molecule has 1 aliphatic heterocycles. The Labute approximate surface area is 159 Å². The van der Waals surface area contributed by atoms with Crippen molar-refractivity contribution in [1.29, 1.82) is 0 Å². The van der Waals surface area contributed by atoms with Crippen LogP contribution in [0, 0.1) is 6.92 Å². The van der Waals surface area contributed by atoms with Gasteiger partial charge in [0.15, 0.2) is 0 Å². The average Bonchev–Trinajstić information content (AvgIpc) is 2.92. The van der Waals surface area contributed by atoms with Gasteiger partial charge in [0.05, 0.1) is 16.8 Å². The molecule has 140 valence electrons. The van der Waals surface area contributed by atoms with Crippen LogP contribution in [-0.2, 0) is 0 Å². The van der Waals surface area contributed by atoms with E-state index in [2.05, 4.69) is 0 Å². The van der Waals surface area contributed by atoms with Gasteiger partial charge in [-0.1, -0.05) is 31.5 Å². The fourth-order valence-electron chi connectivity index (χ4n) is 3.34. The quantitative estimate of drug-likeness (QED) is 0.727. The van der Waals surface area contributed by atoms with Crippen LogP contribution in [0.3, 0.4) is 0 Å². The fourth-order valence-corrected chi connectivity index (χ4v) is 3.34. The number of amides is 3. The Hall–Kier alpha value is -2.95. The van der Waals surface area contributed by atoms with Gasteiger partial charge in [0.2, 0.25) is 0 Å². The average molecular weight is 364 g/mol. The van der Waals surface area contributed by atoms with Gasteiger partial charge in [-0.2, -0.15) is 0 Å². The maximum atomic E-state index is 12.9. The van der Waals surface area contributed by atoms with Crippen LogP contribution >= 0.6 is 0 Å². The summed E-state index contributed by atoms with van der Waals surface area (Å²) in [5, 5.41) is 0. The number of carbonyl (C=O) groups excluding carboxylic acids is 3. The zero-order valence-corrected chi connectivity index (χ0v) is 16.0. The molecule has 0 aromatic heterocycles. The van der Waals surface area contributed by atoms with Gasteiger partial charge in [-0.05, 0) is 50.1 Å². The molecule has 0 spiro atoms. The number of carbonyl (C=O) groups is 3. The number of rotatable bonds is 6. The highest BCUT2D eigenvalue weighted by atomic mass is 16.2. The highest BCUT2D eigenvalue weighted by Gasteiger charge is 2.37. The van der Waals surface area contributed by atoms with Crippen LogP contribution in [0.4, 0.5) is 5.69 Å². The molecule has 5 nitrogen and oxygen atoms in total. The van der Waals surface area contributed by atoms with Crippen LogP contribution in [0.5, 0.6) is 0 Å². The molecule has 0 N–H and O–H groups in total. The van der Waals surface area contributed by atoms with Gasteiger partial charge in [0.1, 0.15) is 0 Å². The molecule has 2 aromatic rings. The first kappa shape index (κ1) is 18.8. The topological polar surface area (TPSA) is 57.7 Å². The Balaban J connectivity index is 1.93. The van der Waals surface area contributed by atoms with Crippen molar-refractivity contribution in [2.24, 2.45) is 0 Å². The van der Waals surface area contributed by atoms with Gasteiger partial charge >= 0.3 is 0 Å². The predicted molar refractivity (Wildman–Crippen MR) is 105 cm³/mol. The van der Waals surface area contributed by atoms with E-state index in [4.69, 9.17) is 0 Å². The number of imide groups is 1. The van der Waals surface area contributed by atoms with Crippen LogP contribution in [0.15, 0.2) is 42.5 Å². The van der Waals surface area contributed by atoms with Gasteiger partial charge in [-0.3, -0.25) is 14.4 Å². The van der Waals surface area contributed by atoms with E-state index in [9.17, 15) is 14.4 Å². The summed E-state index contributed by atoms with van der Waals surface area (Å²) in [5.74, 6) is -0.835. The largest absolute Gasteiger partial charge is 0.339 e. The Morgan fingerprint density at radius 3 is 2.07 bits per heavy atom. The van der Waals surface area contributed by atoms with E-state index < -0.39 is 0 Å². The molecule has 0 bridgehead atoms. The van der Waals surface area contributed by atoms with Gasteiger partial charge in [0.25, 0.3) is 17.7 Å². The zero-order valence-electron chi connectivity index (χ0n) is 16.0. The zero-order chi connectivity index (χ0) is 19.6. The molecule has 0 aliphatic carbocycles. The molecule has 0 atom stereocenters. The first-order chi connectivity index (χ1) is 13.0. The van der Waals surface area contributed by atoms with Crippen molar-refractivity contribution < 1.29 is 14.4 Å². The van der Waals surface area contributed by atoms with E-state index in [-0.39, 0.29) is 17.7 Å². The van der Waals surface area contributed by atoms with Crippen LogP contribution in [0.1, 0.15) is 63.3 Å². The summed E-state index contributed by atoms with van der Waals surface area (Å²) in [6.45, 7) is 7.35. The second-order valence-corrected chi connectivity index (χ2v) is 6.83. The second-order valence-electron chi connectivity index (χ2n) is 6.83. The lowest BCUT2D eigenvalue weighted by Crippen LogP contribution is -2.32. The van der Waals surface area contributed by atoms with Crippen molar-refractivity contribution in [3.05, 3.63) is 64.7 Å². The van der Waals surface area contributed by atoms with E-state index in [1.165, 1.54) is 4.90 Å². The van der Waals surface area contributed by atoms with Crippen LogP contribution < -0.4 is 4.90 Å². The molecule has 0 fully saturated rings. The Morgan fingerprint density at radius 2 is 1.48 bits per heavy atom. The highest BCUT2D eigenvalue weighted by Crippen LogP contribution is 2.29. The van der Waals surface area contributed by atoms with Crippen LogP contribution in [0.2, 0.25) is 0 Å². The molecule has 1 aliphatic rings. The lowest BCUT2D eigenvalue weighted by Gasteiger charge is -2.21. The number of hydrogen-bond acceptors (Lipinski definition) is 3. The third kappa shape index (κ3) is 3.50. The molecule has 1 heterocycles. The third-order valence-corrected chi connectivity index (χ3v) is 4.70. The van der Waals surface area contributed by atoms with Gasteiger partial charge < -0.3 is 4.90 Å². The fraction of sp³-hybridized carbons (Fsp3) is 0.318. The molecule has 0 saturated heterocycles. The number of hydrogen-bond donors (Lipinski definition) is 0. The minimum Gasteiger partial charge on any atom is -0.339 e. The summed E-state index contributed by atoms with van der Waals surface area (Å²) in [6.07, 6.45) is 1.74. The van der Waals surface area contributed by atoms with Crippen LogP contribution in [-0.4, -0.2) is 35.7 Å². The maximum absolute atomic E-state index is 12.9. The van der Waals surface area contributed by atoms with Crippen molar-refractivity contribution in [2.75, 3.05) is 18.0 Å². The molecule has 3 rings (SSSR count). The highest BCUT2D eigenvalue weighted by molar-refractivity contribution is 6.34.